The van der Waals surface area contributed by atoms with Gasteiger partial charge in [-0.2, -0.15) is 0 Å². The van der Waals surface area contributed by atoms with E-state index < -0.39 is 0 Å². The molecule has 3 rings (SSSR count). The van der Waals surface area contributed by atoms with Crippen molar-refractivity contribution in [1.29, 1.82) is 0 Å². The zero-order valence-electron chi connectivity index (χ0n) is 11.4. The Balaban J connectivity index is 0.00000133. The molecule has 2 nitrogen and oxygen atoms in total. The lowest BCUT2D eigenvalue weighted by molar-refractivity contribution is 0.224. The molecule has 0 aliphatic carbocycles. The van der Waals surface area contributed by atoms with E-state index in [0.717, 1.165) is 5.02 Å². The molecular formula is C15H22Cl2N2. The first kappa shape index (κ1) is 15.1. The number of hydrogen-bond donors (Lipinski definition) is 1. The lowest BCUT2D eigenvalue weighted by Gasteiger charge is -2.27. The molecule has 0 aromatic heterocycles. The Morgan fingerprint density at radius 1 is 1.26 bits per heavy atom. The minimum absolute atomic E-state index is 0. The number of nitrogens with one attached hydrogen (secondary N) is 1. The van der Waals surface area contributed by atoms with Gasteiger partial charge in [-0.3, -0.25) is 4.90 Å². The van der Waals surface area contributed by atoms with Crippen LogP contribution >= 0.6 is 24.0 Å². The predicted molar refractivity (Wildman–Crippen MR) is 83.2 cm³/mol. The van der Waals surface area contributed by atoms with Crippen LogP contribution in [0.4, 0.5) is 0 Å². The fourth-order valence-electron chi connectivity index (χ4n) is 3.40. The zero-order valence-corrected chi connectivity index (χ0v) is 12.9. The molecule has 0 amide bonds. The highest BCUT2D eigenvalue weighted by atomic mass is 35.5. The molecular weight excluding hydrogens is 279 g/mol. The summed E-state index contributed by atoms with van der Waals surface area (Å²) in [5.74, 6) is 0. The van der Waals surface area contributed by atoms with Crippen LogP contribution in [0, 0.1) is 5.41 Å². The van der Waals surface area contributed by atoms with E-state index in [1.54, 1.807) is 0 Å². The standard InChI is InChI=1S/C15H21ClN2.ClH/c1-12(13-2-4-14(16)5-3-13)18-9-7-15(11-18)6-8-17-10-15;/h2-5,12,17H,6-11H2,1H3;1H. The van der Waals surface area contributed by atoms with Crippen molar-refractivity contribution >= 4 is 24.0 Å². The van der Waals surface area contributed by atoms with Crippen molar-refractivity contribution in [1.82, 2.24) is 10.2 Å². The van der Waals surface area contributed by atoms with Crippen LogP contribution in [0.5, 0.6) is 0 Å². The molecule has 0 bridgehead atoms. The van der Waals surface area contributed by atoms with Crippen LogP contribution in [0.15, 0.2) is 24.3 Å². The van der Waals surface area contributed by atoms with E-state index in [9.17, 15) is 0 Å². The van der Waals surface area contributed by atoms with Crippen LogP contribution in [0.3, 0.4) is 0 Å². The average molecular weight is 301 g/mol. The second-order valence-corrected chi connectivity index (χ2v) is 6.31. The Kier molecular flexibility index (Phi) is 4.78. The largest absolute Gasteiger partial charge is 0.316 e. The van der Waals surface area contributed by atoms with Crippen LogP contribution in [-0.4, -0.2) is 31.1 Å². The Labute approximate surface area is 126 Å². The van der Waals surface area contributed by atoms with Gasteiger partial charge in [0.1, 0.15) is 0 Å². The van der Waals surface area contributed by atoms with Gasteiger partial charge in [-0.1, -0.05) is 23.7 Å². The molecule has 0 saturated carbocycles. The van der Waals surface area contributed by atoms with Crippen molar-refractivity contribution in [2.24, 2.45) is 5.41 Å². The quantitative estimate of drug-likeness (QED) is 0.899. The number of nitrogens with zero attached hydrogens (tertiary/aromatic N) is 1. The first-order valence-electron chi connectivity index (χ1n) is 6.89. The molecule has 2 atom stereocenters. The number of halogens is 2. The number of rotatable bonds is 2. The summed E-state index contributed by atoms with van der Waals surface area (Å²) in [7, 11) is 0. The highest BCUT2D eigenvalue weighted by Gasteiger charge is 2.41. The van der Waals surface area contributed by atoms with E-state index in [0.29, 0.717) is 11.5 Å². The third-order valence-corrected chi connectivity index (χ3v) is 4.95. The molecule has 2 unspecified atom stereocenters. The molecule has 2 heterocycles. The molecule has 2 aliphatic heterocycles. The Bertz CT molecular complexity index is 413. The smallest absolute Gasteiger partial charge is 0.0406 e. The zero-order chi connectivity index (χ0) is 12.6. The summed E-state index contributed by atoms with van der Waals surface area (Å²) in [4.78, 5) is 2.62. The highest BCUT2D eigenvalue weighted by molar-refractivity contribution is 6.30. The van der Waals surface area contributed by atoms with Crippen LogP contribution in [0.25, 0.3) is 0 Å². The molecule has 4 heteroatoms. The minimum atomic E-state index is 0. The minimum Gasteiger partial charge on any atom is -0.316 e. The van der Waals surface area contributed by atoms with E-state index in [1.807, 2.05) is 12.1 Å². The summed E-state index contributed by atoms with van der Waals surface area (Å²) in [5, 5.41) is 4.34. The van der Waals surface area contributed by atoms with Crippen LogP contribution < -0.4 is 5.32 Å². The first-order chi connectivity index (χ1) is 8.69. The SMILES string of the molecule is CC(c1ccc(Cl)cc1)N1CCC2(CCNC2)C1.Cl. The topological polar surface area (TPSA) is 15.3 Å². The van der Waals surface area contributed by atoms with Crippen LogP contribution in [0.2, 0.25) is 5.02 Å². The van der Waals surface area contributed by atoms with E-state index >= 15 is 0 Å². The maximum absolute atomic E-state index is 5.95. The van der Waals surface area contributed by atoms with Gasteiger partial charge in [-0.05, 0) is 56.0 Å². The van der Waals surface area contributed by atoms with Crippen LogP contribution in [0.1, 0.15) is 31.4 Å². The molecule has 1 spiro atoms. The Hall–Kier alpha value is -0.280. The van der Waals surface area contributed by atoms with Gasteiger partial charge in [0.05, 0.1) is 0 Å². The van der Waals surface area contributed by atoms with Gasteiger partial charge in [0, 0.05) is 24.2 Å². The first-order valence-corrected chi connectivity index (χ1v) is 7.27. The molecule has 2 fully saturated rings. The fourth-order valence-corrected chi connectivity index (χ4v) is 3.52. The summed E-state index contributed by atoms with van der Waals surface area (Å²) < 4.78 is 0. The third kappa shape index (κ3) is 3.08. The molecule has 2 saturated heterocycles. The number of likely N-dealkylation sites (tertiary alicyclic amines) is 1. The number of benzene rings is 1. The van der Waals surface area contributed by atoms with E-state index in [-0.39, 0.29) is 12.4 Å². The van der Waals surface area contributed by atoms with Gasteiger partial charge in [-0.25, -0.2) is 0 Å². The summed E-state index contributed by atoms with van der Waals surface area (Å²) in [5.41, 5.74) is 1.93. The van der Waals surface area contributed by atoms with Gasteiger partial charge in [0.25, 0.3) is 0 Å². The summed E-state index contributed by atoms with van der Waals surface area (Å²) in [6, 6.07) is 8.81. The predicted octanol–water partition coefficient (Wildman–Crippen LogP) is 3.51. The van der Waals surface area contributed by atoms with Gasteiger partial charge >= 0.3 is 0 Å². The maximum atomic E-state index is 5.95. The van der Waals surface area contributed by atoms with Crippen molar-refractivity contribution in [3.63, 3.8) is 0 Å². The molecule has 1 aromatic rings. The summed E-state index contributed by atoms with van der Waals surface area (Å²) >= 11 is 5.95. The summed E-state index contributed by atoms with van der Waals surface area (Å²) in [6.45, 7) is 7.18. The molecule has 0 radical (unpaired) electrons. The molecule has 1 N–H and O–H groups in total. The van der Waals surface area contributed by atoms with Crippen molar-refractivity contribution in [2.75, 3.05) is 26.2 Å². The highest BCUT2D eigenvalue weighted by Crippen LogP contribution is 2.39. The van der Waals surface area contributed by atoms with Crippen molar-refractivity contribution < 1.29 is 0 Å². The summed E-state index contributed by atoms with van der Waals surface area (Å²) in [6.07, 6.45) is 2.69. The van der Waals surface area contributed by atoms with Gasteiger partial charge in [-0.15, -0.1) is 12.4 Å². The average Bonchev–Trinajstić information content (AvgIpc) is 3.01. The second kappa shape index (κ2) is 6.01. The van der Waals surface area contributed by atoms with E-state index in [2.05, 4.69) is 29.3 Å². The van der Waals surface area contributed by atoms with Crippen LogP contribution in [-0.2, 0) is 0 Å². The van der Waals surface area contributed by atoms with E-state index in [1.165, 1.54) is 44.6 Å². The van der Waals surface area contributed by atoms with E-state index in [4.69, 9.17) is 11.6 Å². The Morgan fingerprint density at radius 3 is 2.63 bits per heavy atom. The second-order valence-electron chi connectivity index (χ2n) is 5.87. The normalized spacial score (nSPS) is 28.5. The maximum Gasteiger partial charge on any atom is 0.0406 e. The van der Waals surface area contributed by atoms with Gasteiger partial charge in [0.2, 0.25) is 0 Å². The van der Waals surface area contributed by atoms with Gasteiger partial charge in [0.15, 0.2) is 0 Å². The monoisotopic (exact) mass is 300 g/mol. The molecule has 2 aliphatic rings. The molecule has 106 valence electrons. The molecule has 1 aromatic carbocycles. The number of hydrogen-bond acceptors (Lipinski definition) is 2. The van der Waals surface area contributed by atoms with Crippen molar-refractivity contribution in [2.45, 2.75) is 25.8 Å². The lowest BCUT2D eigenvalue weighted by atomic mass is 9.86. The fraction of sp³-hybridized carbons (Fsp3) is 0.600. The molecule has 19 heavy (non-hydrogen) atoms. The van der Waals surface area contributed by atoms with Gasteiger partial charge < -0.3 is 5.32 Å². The Morgan fingerprint density at radius 2 is 2.00 bits per heavy atom. The van der Waals surface area contributed by atoms with Crippen molar-refractivity contribution in [3.05, 3.63) is 34.9 Å². The third-order valence-electron chi connectivity index (χ3n) is 4.70. The lowest BCUT2D eigenvalue weighted by Crippen LogP contribution is -2.30. The van der Waals surface area contributed by atoms with Crippen molar-refractivity contribution in [3.8, 4) is 0 Å².